The predicted molar refractivity (Wildman–Crippen MR) is 80.5 cm³/mol. The highest BCUT2D eigenvalue weighted by Gasteiger charge is 2.05. The van der Waals surface area contributed by atoms with Crippen LogP contribution in [0.3, 0.4) is 0 Å². The Morgan fingerprint density at radius 3 is 2.50 bits per heavy atom. The lowest BCUT2D eigenvalue weighted by molar-refractivity contribution is -0.122. The Bertz CT molecular complexity index is 423. The standard InChI is InChI=1S/C13H20N4O2.ClH/c1-2-6-15-12(18)5-7-16-13(19)8-11-4-3-10(14)9-17-11;/h3-4,9H,2,5-8,14H2,1H3,(H,15,18)(H,16,19);1H. The molecule has 0 saturated carbocycles. The molecule has 0 aliphatic rings. The second kappa shape index (κ2) is 10.0. The molecule has 0 atom stereocenters. The molecule has 0 fully saturated rings. The third-order valence-corrected chi connectivity index (χ3v) is 2.44. The van der Waals surface area contributed by atoms with Gasteiger partial charge in [0.05, 0.1) is 18.3 Å². The minimum absolute atomic E-state index is 0. The highest BCUT2D eigenvalue weighted by molar-refractivity contribution is 5.85. The molecule has 7 heteroatoms. The molecule has 0 aliphatic heterocycles. The average molecular weight is 301 g/mol. The topological polar surface area (TPSA) is 97.1 Å². The number of nitrogen functional groups attached to an aromatic ring is 1. The highest BCUT2D eigenvalue weighted by atomic mass is 35.5. The Kier molecular flexibility index (Phi) is 9.11. The lowest BCUT2D eigenvalue weighted by atomic mass is 10.2. The predicted octanol–water partition coefficient (Wildman–Crippen LogP) is 0.661. The van der Waals surface area contributed by atoms with E-state index in [9.17, 15) is 9.59 Å². The lowest BCUT2D eigenvalue weighted by Gasteiger charge is -2.06. The minimum Gasteiger partial charge on any atom is -0.397 e. The van der Waals surface area contributed by atoms with Gasteiger partial charge in [-0.1, -0.05) is 6.92 Å². The van der Waals surface area contributed by atoms with E-state index in [4.69, 9.17) is 5.73 Å². The first-order valence-corrected chi connectivity index (χ1v) is 6.35. The van der Waals surface area contributed by atoms with Crippen molar-refractivity contribution in [2.45, 2.75) is 26.2 Å². The van der Waals surface area contributed by atoms with Crippen molar-refractivity contribution in [3.63, 3.8) is 0 Å². The molecule has 6 nitrogen and oxygen atoms in total. The normalized spacial score (nSPS) is 9.45. The summed E-state index contributed by atoms with van der Waals surface area (Å²) in [4.78, 5) is 26.9. The van der Waals surface area contributed by atoms with Crippen molar-refractivity contribution in [1.82, 2.24) is 15.6 Å². The molecule has 0 radical (unpaired) electrons. The molecular weight excluding hydrogens is 280 g/mol. The van der Waals surface area contributed by atoms with Crippen LogP contribution in [0.25, 0.3) is 0 Å². The van der Waals surface area contributed by atoms with Crippen LogP contribution in [0.15, 0.2) is 18.3 Å². The van der Waals surface area contributed by atoms with Gasteiger partial charge in [0.1, 0.15) is 0 Å². The number of nitrogens with two attached hydrogens (primary N) is 1. The fourth-order valence-corrected chi connectivity index (χ4v) is 1.44. The Labute approximate surface area is 124 Å². The van der Waals surface area contributed by atoms with Crippen molar-refractivity contribution < 1.29 is 9.59 Å². The zero-order chi connectivity index (χ0) is 14.1. The number of anilines is 1. The molecule has 112 valence electrons. The summed E-state index contributed by atoms with van der Waals surface area (Å²) in [6.45, 7) is 2.99. The van der Waals surface area contributed by atoms with Gasteiger partial charge in [-0.25, -0.2) is 0 Å². The molecule has 1 rings (SSSR count). The van der Waals surface area contributed by atoms with Gasteiger partial charge in [0, 0.05) is 25.2 Å². The van der Waals surface area contributed by atoms with Gasteiger partial charge in [-0.15, -0.1) is 12.4 Å². The van der Waals surface area contributed by atoms with E-state index in [1.54, 1.807) is 12.1 Å². The van der Waals surface area contributed by atoms with E-state index in [0.717, 1.165) is 6.42 Å². The SMILES string of the molecule is CCCNC(=O)CCNC(=O)Cc1ccc(N)cn1.Cl. The van der Waals surface area contributed by atoms with Crippen molar-refractivity contribution in [2.24, 2.45) is 0 Å². The van der Waals surface area contributed by atoms with E-state index in [2.05, 4.69) is 15.6 Å². The quantitative estimate of drug-likeness (QED) is 0.689. The number of hydrogen-bond acceptors (Lipinski definition) is 4. The molecule has 1 aromatic heterocycles. The number of nitrogens with zero attached hydrogens (tertiary/aromatic N) is 1. The minimum atomic E-state index is -0.152. The van der Waals surface area contributed by atoms with Gasteiger partial charge in [-0.2, -0.15) is 0 Å². The first-order chi connectivity index (χ1) is 9.11. The fraction of sp³-hybridized carbons (Fsp3) is 0.462. The molecule has 0 unspecified atom stereocenters. The second-order valence-corrected chi connectivity index (χ2v) is 4.21. The smallest absolute Gasteiger partial charge is 0.226 e. The summed E-state index contributed by atoms with van der Waals surface area (Å²) in [5, 5.41) is 5.43. The van der Waals surface area contributed by atoms with Crippen LogP contribution in [0.5, 0.6) is 0 Å². The Morgan fingerprint density at radius 2 is 1.90 bits per heavy atom. The second-order valence-electron chi connectivity index (χ2n) is 4.21. The monoisotopic (exact) mass is 300 g/mol. The summed E-state index contributed by atoms with van der Waals surface area (Å²) in [5.41, 5.74) is 6.72. The van der Waals surface area contributed by atoms with E-state index < -0.39 is 0 Å². The molecule has 0 bridgehead atoms. The molecule has 0 aromatic carbocycles. The van der Waals surface area contributed by atoms with Crippen LogP contribution in [0, 0.1) is 0 Å². The van der Waals surface area contributed by atoms with Crippen molar-refractivity contribution in [1.29, 1.82) is 0 Å². The third kappa shape index (κ3) is 7.58. The van der Waals surface area contributed by atoms with Crippen LogP contribution in [-0.4, -0.2) is 29.9 Å². The van der Waals surface area contributed by atoms with Crippen molar-refractivity contribution in [3.8, 4) is 0 Å². The summed E-state index contributed by atoms with van der Waals surface area (Å²) < 4.78 is 0. The van der Waals surface area contributed by atoms with E-state index in [1.807, 2.05) is 6.92 Å². The van der Waals surface area contributed by atoms with E-state index in [1.165, 1.54) is 6.20 Å². The highest BCUT2D eigenvalue weighted by Crippen LogP contribution is 2.01. The largest absolute Gasteiger partial charge is 0.397 e. The van der Waals surface area contributed by atoms with Gasteiger partial charge in [0.15, 0.2) is 0 Å². The van der Waals surface area contributed by atoms with Crippen molar-refractivity contribution in [2.75, 3.05) is 18.8 Å². The Hall–Kier alpha value is -1.82. The number of pyridine rings is 1. The van der Waals surface area contributed by atoms with Crippen molar-refractivity contribution >= 4 is 29.9 Å². The molecule has 0 spiro atoms. The molecule has 1 aromatic rings. The summed E-state index contributed by atoms with van der Waals surface area (Å²) >= 11 is 0. The lowest BCUT2D eigenvalue weighted by Crippen LogP contribution is -2.31. The number of hydrogen-bond donors (Lipinski definition) is 3. The maximum absolute atomic E-state index is 11.6. The molecule has 4 N–H and O–H groups in total. The molecule has 0 saturated heterocycles. The first-order valence-electron chi connectivity index (χ1n) is 6.35. The number of halogens is 1. The first kappa shape index (κ1) is 18.2. The van der Waals surface area contributed by atoms with Gasteiger partial charge in [-0.05, 0) is 18.6 Å². The number of rotatable bonds is 7. The summed E-state index contributed by atoms with van der Waals surface area (Å²) in [7, 11) is 0. The number of carbonyl (C=O) groups excluding carboxylic acids is 2. The maximum Gasteiger partial charge on any atom is 0.226 e. The van der Waals surface area contributed by atoms with Crippen LogP contribution in [0.2, 0.25) is 0 Å². The summed E-state index contributed by atoms with van der Waals surface area (Å²) in [5.74, 6) is -0.201. The Balaban J connectivity index is 0.00000361. The maximum atomic E-state index is 11.6. The van der Waals surface area contributed by atoms with Crippen LogP contribution >= 0.6 is 12.4 Å². The van der Waals surface area contributed by atoms with Gasteiger partial charge < -0.3 is 16.4 Å². The zero-order valence-corrected chi connectivity index (χ0v) is 12.3. The van der Waals surface area contributed by atoms with Crippen molar-refractivity contribution in [3.05, 3.63) is 24.0 Å². The number of aromatic nitrogens is 1. The molecule has 1 heterocycles. The Morgan fingerprint density at radius 1 is 1.20 bits per heavy atom. The van der Waals surface area contributed by atoms with E-state index >= 15 is 0 Å². The fourth-order valence-electron chi connectivity index (χ4n) is 1.44. The van der Waals surface area contributed by atoms with E-state index in [0.29, 0.717) is 30.9 Å². The number of amides is 2. The van der Waals surface area contributed by atoms with Gasteiger partial charge >= 0.3 is 0 Å². The third-order valence-electron chi connectivity index (χ3n) is 2.44. The summed E-state index contributed by atoms with van der Waals surface area (Å²) in [6.07, 6.45) is 2.90. The molecule has 20 heavy (non-hydrogen) atoms. The molecular formula is C13H21ClN4O2. The summed E-state index contributed by atoms with van der Waals surface area (Å²) in [6, 6.07) is 3.41. The van der Waals surface area contributed by atoms with Crippen LogP contribution < -0.4 is 16.4 Å². The molecule has 2 amide bonds. The zero-order valence-electron chi connectivity index (χ0n) is 11.5. The van der Waals surface area contributed by atoms with Gasteiger partial charge in [0.2, 0.25) is 11.8 Å². The van der Waals surface area contributed by atoms with Crippen LogP contribution in [-0.2, 0) is 16.0 Å². The number of nitrogens with one attached hydrogen (secondary N) is 2. The molecule has 0 aliphatic carbocycles. The number of carbonyl (C=O) groups is 2. The van der Waals surface area contributed by atoms with Gasteiger partial charge in [0.25, 0.3) is 0 Å². The van der Waals surface area contributed by atoms with Crippen LogP contribution in [0.4, 0.5) is 5.69 Å². The van der Waals surface area contributed by atoms with E-state index in [-0.39, 0.29) is 30.6 Å². The van der Waals surface area contributed by atoms with Gasteiger partial charge in [-0.3, -0.25) is 14.6 Å². The average Bonchev–Trinajstić information content (AvgIpc) is 2.39. The van der Waals surface area contributed by atoms with Crippen LogP contribution in [0.1, 0.15) is 25.5 Å².